The maximum atomic E-state index is 5.80. The van der Waals surface area contributed by atoms with Gasteiger partial charge in [0.1, 0.15) is 0 Å². The second-order valence-electron chi connectivity index (χ2n) is 7.52. The lowest BCUT2D eigenvalue weighted by Gasteiger charge is -2.22. The molecule has 3 rings (SSSR count). The summed E-state index contributed by atoms with van der Waals surface area (Å²) in [6.07, 6.45) is 10.5. The van der Waals surface area contributed by atoms with Gasteiger partial charge >= 0.3 is 0 Å². The minimum absolute atomic E-state index is 0.0792. The first-order valence-corrected chi connectivity index (χ1v) is 10.1. The first kappa shape index (κ1) is 22.1. The summed E-state index contributed by atoms with van der Waals surface area (Å²) in [6.45, 7) is 3.11. The smallest absolute Gasteiger partial charge is 0.0787 e. The van der Waals surface area contributed by atoms with Gasteiger partial charge in [0.25, 0.3) is 0 Å². The van der Waals surface area contributed by atoms with Crippen molar-refractivity contribution < 1.29 is 0 Å². The highest BCUT2D eigenvalue weighted by molar-refractivity contribution is 7.80. The molecule has 1 aromatic rings. The average Bonchev–Trinajstić information content (AvgIpc) is 3.09. The van der Waals surface area contributed by atoms with E-state index in [9.17, 15) is 0 Å². The summed E-state index contributed by atoms with van der Waals surface area (Å²) in [5.41, 5.74) is 17.3. The molecule has 0 amide bonds. The highest BCUT2D eigenvalue weighted by atomic mass is 32.1. The van der Waals surface area contributed by atoms with Gasteiger partial charge in [-0.25, -0.2) is 0 Å². The molecule has 2 fully saturated rings. The van der Waals surface area contributed by atoms with E-state index in [4.69, 9.17) is 23.7 Å². The third-order valence-corrected chi connectivity index (χ3v) is 6.16. The van der Waals surface area contributed by atoms with Gasteiger partial charge in [0, 0.05) is 5.41 Å². The number of hydrogen-bond acceptors (Lipinski definition) is 3. The quantitative estimate of drug-likeness (QED) is 0.698. The molecule has 4 heteroatoms. The number of rotatable bonds is 3. The predicted octanol–water partition coefficient (Wildman–Crippen LogP) is 4.35. The summed E-state index contributed by atoms with van der Waals surface area (Å²) in [4.78, 5) is 0.681. The van der Waals surface area contributed by atoms with E-state index in [0.717, 1.165) is 25.3 Å². The Bertz CT molecular complexity index is 485. The molecule has 0 radical (unpaired) electrons. The zero-order chi connectivity index (χ0) is 18.7. The van der Waals surface area contributed by atoms with Gasteiger partial charge in [0.2, 0.25) is 0 Å². The van der Waals surface area contributed by atoms with E-state index in [2.05, 4.69) is 43.0 Å². The second-order valence-corrected chi connectivity index (χ2v) is 7.95. The molecule has 142 valence electrons. The summed E-state index contributed by atoms with van der Waals surface area (Å²) in [7, 11) is 1.50. The molecule has 1 aromatic carbocycles. The molecule has 0 bridgehead atoms. The molecule has 25 heavy (non-hydrogen) atoms. The molecular weight excluding hydrogens is 326 g/mol. The Hall–Kier alpha value is -0.970. The van der Waals surface area contributed by atoms with Crippen molar-refractivity contribution in [1.82, 2.24) is 0 Å². The summed E-state index contributed by atoms with van der Waals surface area (Å²) in [5.74, 6) is 1.50. The fraction of sp³-hybridized carbons (Fsp3) is 0.667. The first-order valence-electron chi connectivity index (χ1n) is 9.68. The molecule has 6 N–H and O–H groups in total. The van der Waals surface area contributed by atoms with Crippen LogP contribution in [0.2, 0.25) is 0 Å². The number of nitrogens with two attached hydrogens (primary N) is 3. The van der Waals surface area contributed by atoms with Crippen LogP contribution in [0.25, 0.3) is 0 Å². The monoisotopic (exact) mass is 363 g/mol. The molecule has 0 heterocycles. The second kappa shape index (κ2) is 11.6. The van der Waals surface area contributed by atoms with Crippen molar-refractivity contribution in [2.24, 2.45) is 28.5 Å². The van der Waals surface area contributed by atoms with E-state index < -0.39 is 0 Å². The predicted molar refractivity (Wildman–Crippen MR) is 114 cm³/mol. The summed E-state index contributed by atoms with van der Waals surface area (Å²) in [6, 6.07) is 10.7. The van der Waals surface area contributed by atoms with Gasteiger partial charge in [0.05, 0.1) is 4.99 Å². The third-order valence-electron chi connectivity index (χ3n) is 5.67. The van der Waals surface area contributed by atoms with E-state index in [1.54, 1.807) is 0 Å². The lowest BCUT2D eigenvalue weighted by atomic mass is 9.86. The minimum Gasteiger partial charge on any atom is -0.393 e. The zero-order valence-electron chi connectivity index (χ0n) is 16.0. The molecule has 2 unspecified atom stereocenters. The van der Waals surface area contributed by atoms with Crippen molar-refractivity contribution in [2.75, 3.05) is 13.6 Å². The van der Waals surface area contributed by atoms with Crippen molar-refractivity contribution in [1.29, 1.82) is 0 Å². The number of hydrogen-bond donors (Lipinski definition) is 3. The average molecular weight is 364 g/mol. The van der Waals surface area contributed by atoms with Crippen LogP contribution in [0.5, 0.6) is 0 Å². The van der Waals surface area contributed by atoms with Crippen LogP contribution >= 0.6 is 12.2 Å². The van der Waals surface area contributed by atoms with E-state index in [1.807, 2.05) is 0 Å². The largest absolute Gasteiger partial charge is 0.393 e. The third kappa shape index (κ3) is 7.04. The van der Waals surface area contributed by atoms with Gasteiger partial charge in [-0.15, -0.1) is 0 Å². The lowest BCUT2D eigenvalue weighted by molar-refractivity contribution is 0.366. The fourth-order valence-electron chi connectivity index (χ4n) is 3.90. The molecule has 2 saturated carbocycles. The normalized spacial score (nSPS) is 26.0. The standard InChI is InChI=1S/C13H17NS.C7H15N.CH5N/c1-13(12(14)15)8-7-11(9-13)10-5-3-2-4-6-10;8-6-7-4-2-1-3-5-7;1-2/h2-6,11H,7-9H2,1H3,(H2,14,15);7H,1-6,8H2;2H2,1H3. The molecule has 2 atom stereocenters. The van der Waals surface area contributed by atoms with E-state index in [-0.39, 0.29) is 5.41 Å². The van der Waals surface area contributed by atoms with Crippen molar-refractivity contribution in [3.8, 4) is 0 Å². The Morgan fingerprint density at radius 2 is 1.68 bits per heavy atom. The lowest BCUT2D eigenvalue weighted by Crippen LogP contribution is -2.30. The summed E-state index contributed by atoms with van der Waals surface area (Å²) >= 11 is 5.15. The van der Waals surface area contributed by atoms with Gasteiger partial charge in [-0.2, -0.15) is 0 Å². The minimum atomic E-state index is 0.0792. The van der Waals surface area contributed by atoms with Gasteiger partial charge < -0.3 is 17.2 Å². The molecule has 0 aliphatic heterocycles. The van der Waals surface area contributed by atoms with Gasteiger partial charge in [0.15, 0.2) is 0 Å². The van der Waals surface area contributed by atoms with Crippen LogP contribution < -0.4 is 17.2 Å². The van der Waals surface area contributed by atoms with Crippen molar-refractivity contribution >= 4 is 17.2 Å². The van der Waals surface area contributed by atoms with Crippen LogP contribution in [0, 0.1) is 11.3 Å². The highest BCUT2D eigenvalue weighted by Crippen LogP contribution is 2.46. The van der Waals surface area contributed by atoms with Crippen molar-refractivity contribution in [3.05, 3.63) is 35.9 Å². The Morgan fingerprint density at radius 3 is 2.12 bits per heavy atom. The Kier molecular flexibility index (Phi) is 10.2. The molecular formula is C21H37N3S. The highest BCUT2D eigenvalue weighted by Gasteiger charge is 2.37. The van der Waals surface area contributed by atoms with Crippen molar-refractivity contribution in [3.63, 3.8) is 0 Å². The van der Waals surface area contributed by atoms with Gasteiger partial charge in [-0.1, -0.05) is 68.7 Å². The number of benzene rings is 1. The van der Waals surface area contributed by atoms with Crippen LogP contribution in [0.1, 0.15) is 69.8 Å². The molecule has 2 aliphatic carbocycles. The summed E-state index contributed by atoms with van der Waals surface area (Å²) < 4.78 is 0. The molecule has 0 saturated heterocycles. The van der Waals surface area contributed by atoms with Gasteiger partial charge in [-0.05, 0) is 63.1 Å². The maximum absolute atomic E-state index is 5.80. The summed E-state index contributed by atoms with van der Waals surface area (Å²) in [5, 5.41) is 0. The van der Waals surface area contributed by atoms with Crippen LogP contribution in [0.3, 0.4) is 0 Å². The van der Waals surface area contributed by atoms with Crippen LogP contribution in [0.15, 0.2) is 30.3 Å². The maximum Gasteiger partial charge on any atom is 0.0787 e. The van der Waals surface area contributed by atoms with Crippen LogP contribution in [-0.2, 0) is 0 Å². The van der Waals surface area contributed by atoms with Crippen LogP contribution in [-0.4, -0.2) is 18.6 Å². The molecule has 2 aliphatic rings. The van der Waals surface area contributed by atoms with Crippen LogP contribution in [0.4, 0.5) is 0 Å². The Labute approximate surface area is 159 Å². The van der Waals surface area contributed by atoms with E-state index in [1.165, 1.54) is 51.1 Å². The van der Waals surface area contributed by atoms with E-state index >= 15 is 0 Å². The fourth-order valence-corrected chi connectivity index (χ4v) is 4.08. The molecule has 0 spiro atoms. The zero-order valence-corrected chi connectivity index (χ0v) is 16.9. The SMILES string of the molecule is CC1(C(N)=S)CCC(c2ccccc2)C1.CN.NCC1CCCCC1. The van der Waals surface area contributed by atoms with Gasteiger partial charge in [-0.3, -0.25) is 0 Å². The first-order chi connectivity index (χ1) is 12.0. The topological polar surface area (TPSA) is 78.1 Å². The molecule has 3 nitrogen and oxygen atoms in total. The van der Waals surface area contributed by atoms with Crippen molar-refractivity contribution in [2.45, 2.75) is 64.2 Å². The number of thiocarbonyl (C=S) groups is 1. The Balaban J connectivity index is 0.000000264. The molecule has 0 aromatic heterocycles. The Morgan fingerprint density at radius 1 is 1.08 bits per heavy atom. The van der Waals surface area contributed by atoms with E-state index in [0.29, 0.717) is 10.9 Å².